The summed E-state index contributed by atoms with van der Waals surface area (Å²) in [6, 6.07) is 5.84. The second-order valence-electron chi connectivity index (χ2n) is 7.14. The van der Waals surface area contributed by atoms with Crippen LogP contribution >= 0.6 is 15.9 Å². The molecule has 5 heteroatoms. The molecule has 24 heavy (non-hydrogen) atoms. The van der Waals surface area contributed by atoms with Crippen LogP contribution in [0.4, 0.5) is 5.69 Å². The number of benzene rings is 1. The van der Waals surface area contributed by atoms with Gasteiger partial charge in [0.15, 0.2) is 0 Å². The van der Waals surface area contributed by atoms with Crippen molar-refractivity contribution in [1.29, 1.82) is 0 Å². The van der Waals surface area contributed by atoms with Gasteiger partial charge in [-0.15, -0.1) is 0 Å². The molecule has 0 radical (unpaired) electrons. The second-order valence-corrected chi connectivity index (χ2v) is 8.05. The van der Waals surface area contributed by atoms with Gasteiger partial charge in [0.05, 0.1) is 0 Å². The van der Waals surface area contributed by atoms with Crippen LogP contribution in [-0.4, -0.2) is 18.4 Å². The summed E-state index contributed by atoms with van der Waals surface area (Å²) in [5.74, 6) is 0.738. The van der Waals surface area contributed by atoms with Crippen molar-refractivity contribution in [1.82, 2.24) is 5.32 Å². The van der Waals surface area contributed by atoms with Crippen molar-refractivity contribution in [2.24, 2.45) is 17.8 Å². The molecular weight excluding hydrogens is 368 g/mol. The summed E-state index contributed by atoms with van der Waals surface area (Å²) in [6.07, 6.45) is 3.14. The number of hydrogen-bond donors (Lipinski definition) is 2. The lowest BCUT2D eigenvalue weighted by atomic mass is 9.81. The van der Waals surface area contributed by atoms with E-state index in [2.05, 4.69) is 40.4 Å². The standard InChI is InChI=1S/C19H27BrN2O2/c1-12(2)11-21-18(23)14-4-6-15(7-5-14)19(24)22-17-9-8-16(20)10-13(17)3/h8-10,12,14-15H,4-7,11H2,1-3H3,(H,21,23)(H,22,24). The Morgan fingerprint density at radius 1 is 1.12 bits per heavy atom. The zero-order valence-corrected chi connectivity index (χ0v) is 16.3. The molecule has 1 aliphatic carbocycles. The van der Waals surface area contributed by atoms with Crippen LogP contribution in [0, 0.1) is 24.7 Å². The molecule has 0 bridgehead atoms. The summed E-state index contributed by atoms with van der Waals surface area (Å²) in [5.41, 5.74) is 1.90. The van der Waals surface area contributed by atoms with E-state index in [0.29, 0.717) is 5.92 Å². The third-order valence-electron chi connectivity index (χ3n) is 4.60. The maximum Gasteiger partial charge on any atom is 0.227 e. The minimum Gasteiger partial charge on any atom is -0.356 e. The van der Waals surface area contributed by atoms with E-state index in [9.17, 15) is 9.59 Å². The van der Waals surface area contributed by atoms with Crippen molar-refractivity contribution in [3.63, 3.8) is 0 Å². The van der Waals surface area contributed by atoms with E-state index in [1.807, 2.05) is 25.1 Å². The molecule has 0 aliphatic heterocycles. The number of carbonyl (C=O) groups is 2. The molecule has 1 saturated carbocycles. The van der Waals surface area contributed by atoms with Gasteiger partial charge < -0.3 is 10.6 Å². The van der Waals surface area contributed by atoms with Gasteiger partial charge in [-0.3, -0.25) is 9.59 Å². The van der Waals surface area contributed by atoms with E-state index in [0.717, 1.165) is 48.0 Å². The Hall–Kier alpha value is -1.36. The number of aryl methyl sites for hydroxylation is 1. The minimum absolute atomic E-state index is 0.00203. The van der Waals surface area contributed by atoms with E-state index >= 15 is 0 Å². The highest BCUT2D eigenvalue weighted by atomic mass is 79.9. The lowest BCUT2D eigenvalue weighted by Crippen LogP contribution is -2.37. The van der Waals surface area contributed by atoms with Gasteiger partial charge in [0.1, 0.15) is 0 Å². The van der Waals surface area contributed by atoms with E-state index < -0.39 is 0 Å². The van der Waals surface area contributed by atoms with Crippen molar-refractivity contribution < 1.29 is 9.59 Å². The van der Waals surface area contributed by atoms with Crippen LogP contribution in [0.25, 0.3) is 0 Å². The zero-order valence-electron chi connectivity index (χ0n) is 14.7. The Morgan fingerprint density at radius 3 is 2.25 bits per heavy atom. The average molecular weight is 395 g/mol. The number of amides is 2. The summed E-state index contributed by atoms with van der Waals surface area (Å²) >= 11 is 3.43. The first-order valence-electron chi connectivity index (χ1n) is 8.71. The Balaban J connectivity index is 1.83. The fourth-order valence-corrected chi connectivity index (χ4v) is 3.54. The number of carbonyl (C=O) groups excluding carboxylic acids is 2. The molecule has 2 rings (SSSR count). The lowest BCUT2D eigenvalue weighted by molar-refractivity contribution is -0.128. The van der Waals surface area contributed by atoms with E-state index in [4.69, 9.17) is 0 Å². The predicted octanol–water partition coefficient (Wildman–Crippen LogP) is 4.27. The topological polar surface area (TPSA) is 58.2 Å². The molecule has 1 aromatic carbocycles. The Labute approximate surface area is 152 Å². The Kier molecular flexibility index (Phi) is 6.84. The predicted molar refractivity (Wildman–Crippen MR) is 101 cm³/mol. The summed E-state index contributed by atoms with van der Waals surface area (Å²) in [4.78, 5) is 24.6. The normalized spacial score (nSPS) is 20.7. The van der Waals surface area contributed by atoms with E-state index in [1.165, 1.54) is 0 Å². The molecule has 0 atom stereocenters. The van der Waals surface area contributed by atoms with Crippen molar-refractivity contribution in [2.45, 2.75) is 46.5 Å². The molecule has 0 spiro atoms. The molecule has 1 aliphatic rings. The zero-order chi connectivity index (χ0) is 17.7. The monoisotopic (exact) mass is 394 g/mol. The van der Waals surface area contributed by atoms with Crippen LogP contribution < -0.4 is 10.6 Å². The highest BCUT2D eigenvalue weighted by Gasteiger charge is 2.30. The second kappa shape index (κ2) is 8.65. The Bertz CT molecular complexity index is 593. The summed E-state index contributed by atoms with van der Waals surface area (Å²) in [6.45, 7) is 6.88. The van der Waals surface area contributed by atoms with Crippen LogP contribution in [0.1, 0.15) is 45.1 Å². The van der Waals surface area contributed by atoms with Crippen molar-refractivity contribution in [3.05, 3.63) is 28.2 Å². The smallest absolute Gasteiger partial charge is 0.227 e. The molecular formula is C19H27BrN2O2. The maximum atomic E-state index is 12.5. The van der Waals surface area contributed by atoms with Crippen LogP contribution in [-0.2, 0) is 9.59 Å². The molecule has 0 aromatic heterocycles. The number of hydrogen-bond acceptors (Lipinski definition) is 2. The number of anilines is 1. The SMILES string of the molecule is Cc1cc(Br)ccc1NC(=O)C1CCC(C(=O)NCC(C)C)CC1. The summed E-state index contributed by atoms with van der Waals surface area (Å²) in [7, 11) is 0. The van der Waals surface area contributed by atoms with Gasteiger partial charge in [-0.05, 0) is 62.3 Å². The van der Waals surface area contributed by atoms with Crippen molar-refractivity contribution >= 4 is 33.4 Å². The molecule has 2 N–H and O–H groups in total. The highest BCUT2D eigenvalue weighted by molar-refractivity contribution is 9.10. The van der Waals surface area contributed by atoms with Gasteiger partial charge in [-0.1, -0.05) is 29.8 Å². The molecule has 1 aromatic rings. The maximum absolute atomic E-state index is 12.5. The van der Waals surface area contributed by atoms with Crippen molar-refractivity contribution in [3.8, 4) is 0 Å². The molecule has 2 amide bonds. The first kappa shape index (κ1) is 19.0. The van der Waals surface area contributed by atoms with Crippen molar-refractivity contribution in [2.75, 3.05) is 11.9 Å². The molecule has 1 fully saturated rings. The summed E-state index contributed by atoms with van der Waals surface area (Å²) in [5, 5.41) is 6.04. The van der Waals surface area contributed by atoms with Crippen LogP contribution in [0.15, 0.2) is 22.7 Å². The van der Waals surface area contributed by atoms with E-state index in [1.54, 1.807) is 0 Å². The van der Waals surface area contributed by atoms with E-state index in [-0.39, 0.29) is 23.7 Å². The quantitative estimate of drug-likeness (QED) is 0.782. The van der Waals surface area contributed by atoms with Crippen LogP contribution in [0.2, 0.25) is 0 Å². The molecule has 132 valence electrons. The Morgan fingerprint density at radius 2 is 1.71 bits per heavy atom. The van der Waals surface area contributed by atoms with Gasteiger partial charge >= 0.3 is 0 Å². The van der Waals surface area contributed by atoms with Gasteiger partial charge in [0, 0.05) is 28.5 Å². The van der Waals surface area contributed by atoms with Crippen LogP contribution in [0.5, 0.6) is 0 Å². The number of nitrogens with one attached hydrogen (secondary N) is 2. The molecule has 0 heterocycles. The summed E-state index contributed by atoms with van der Waals surface area (Å²) < 4.78 is 1.01. The molecule has 4 nitrogen and oxygen atoms in total. The third kappa shape index (κ3) is 5.33. The number of rotatable bonds is 5. The fourth-order valence-electron chi connectivity index (χ4n) is 3.07. The average Bonchev–Trinajstić information content (AvgIpc) is 2.55. The minimum atomic E-state index is 0.00203. The molecule has 0 unspecified atom stereocenters. The highest BCUT2D eigenvalue weighted by Crippen LogP contribution is 2.30. The first-order valence-corrected chi connectivity index (χ1v) is 9.51. The number of halogens is 1. The van der Waals surface area contributed by atoms with Gasteiger partial charge in [0.25, 0.3) is 0 Å². The third-order valence-corrected chi connectivity index (χ3v) is 5.09. The lowest BCUT2D eigenvalue weighted by Gasteiger charge is -2.27. The first-order chi connectivity index (χ1) is 11.4. The largest absolute Gasteiger partial charge is 0.356 e. The van der Waals surface area contributed by atoms with Gasteiger partial charge in [-0.2, -0.15) is 0 Å². The van der Waals surface area contributed by atoms with Crippen LogP contribution in [0.3, 0.4) is 0 Å². The molecule has 0 saturated heterocycles. The fraction of sp³-hybridized carbons (Fsp3) is 0.579. The van der Waals surface area contributed by atoms with Gasteiger partial charge in [0.2, 0.25) is 11.8 Å². The van der Waals surface area contributed by atoms with Gasteiger partial charge in [-0.25, -0.2) is 0 Å².